The number of benzene rings is 1. The summed E-state index contributed by atoms with van der Waals surface area (Å²) in [5.74, 6) is 0. The summed E-state index contributed by atoms with van der Waals surface area (Å²) >= 11 is 8.20. The first kappa shape index (κ1) is 11.5. The maximum atomic E-state index is 5.90. The van der Waals surface area contributed by atoms with Crippen LogP contribution in [0.1, 0.15) is 13.3 Å². The van der Waals surface area contributed by atoms with Crippen molar-refractivity contribution in [3.63, 3.8) is 0 Å². The maximum Gasteiger partial charge on any atom is 0.0748 e. The molecule has 82 valence electrons. The molecule has 2 atom stereocenters. The lowest BCUT2D eigenvalue weighted by Gasteiger charge is -2.18. The largest absolute Gasteiger partial charge is 0.379 e. The predicted octanol–water partition coefficient (Wildman–Crippen LogP) is 3.53. The van der Waals surface area contributed by atoms with Crippen LogP contribution in [-0.4, -0.2) is 18.8 Å². The second-order valence-electron chi connectivity index (χ2n) is 3.74. The van der Waals surface area contributed by atoms with E-state index in [4.69, 9.17) is 16.3 Å². The molecule has 2 nitrogen and oxygen atoms in total. The first-order chi connectivity index (χ1) is 7.16. The minimum absolute atomic E-state index is 0.288. The number of rotatable bonds is 2. The lowest BCUT2D eigenvalue weighted by atomic mass is 10.1. The Bertz CT molecular complexity index is 358. The Balaban J connectivity index is 2.10. The molecule has 1 heterocycles. The van der Waals surface area contributed by atoms with Crippen LogP contribution in [0.25, 0.3) is 0 Å². The summed E-state index contributed by atoms with van der Waals surface area (Å²) in [6.45, 7) is 2.95. The zero-order valence-corrected chi connectivity index (χ0v) is 11.4. The molecule has 0 aliphatic carbocycles. The lowest BCUT2D eigenvalue weighted by Crippen LogP contribution is -2.26. The van der Waals surface area contributed by atoms with Crippen molar-refractivity contribution in [3.05, 3.63) is 26.8 Å². The minimum atomic E-state index is 0.288. The SMILES string of the molecule is CC1OCCC1Nc1ccc(Cl)cc1I. The van der Waals surface area contributed by atoms with Crippen molar-refractivity contribution < 1.29 is 4.74 Å². The van der Waals surface area contributed by atoms with Gasteiger partial charge in [0, 0.05) is 20.9 Å². The monoisotopic (exact) mass is 337 g/mol. The fourth-order valence-corrected chi connectivity index (χ4v) is 2.75. The molecule has 1 aromatic carbocycles. The molecule has 1 aliphatic heterocycles. The van der Waals surface area contributed by atoms with Crippen molar-refractivity contribution in [2.75, 3.05) is 11.9 Å². The molecule has 0 radical (unpaired) electrons. The van der Waals surface area contributed by atoms with Crippen molar-refractivity contribution in [3.8, 4) is 0 Å². The number of anilines is 1. The predicted molar refractivity (Wildman–Crippen MR) is 71.6 cm³/mol. The molecular formula is C11H13ClINO. The van der Waals surface area contributed by atoms with E-state index >= 15 is 0 Å². The van der Waals surface area contributed by atoms with Gasteiger partial charge in [-0.1, -0.05) is 11.6 Å². The highest BCUT2D eigenvalue weighted by Gasteiger charge is 2.24. The molecule has 4 heteroatoms. The van der Waals surface area contributed by atoms with E-state index in [1.807, 2.05) is 18.2 Å². The van der Waals surface area contributed by atoms with Gasteiger partial charge in [-0.05, 0) is 54.1 Å². The van der Waals surface area contributed by atoms with Crippen molar-refractivity contribution in [2.45, 2.75) is 25.5 Å². The molecule has 0 bridgehead atoms. The lowest BCUT2D eigenvalue weighted by molar-refractivity contribution is 0.121. The van der Waals surface area contributed by atoms with Gasteiger partial charge in [0.1, 0.15) is 0 Å². The van der Waals surface area contributed by atoms with Gasteiger partial charge in [-0.3, -0.25) is 0 Å². The van der Waals surface area contributed by atoms with E-state index < -0.39 is 0 Å². The van der Waals surface area contributed by atoms with Crippen LogP contribution < -0.4 is 5.32 Å². The average molecular weight is 338 g/mol. The first-order valence-corrected chi connectivity index (χ1v) is 6.45. The van der Waals surface area contributed by atoms with Crippen molar-refractivity contribution in [1.29, 1.82) is 0 Å². The Hall–Kier alpha value is -0.000000000000000111. The van der Waals surface area contributed by atoms with Gasteiger partial charge in [-0.25, -0.2) is 0 Å². The smallest absolute Gasteiger partial charge is 0.0748 e. The van der Waals surface area contributed by atoms with Gasteiger partial charge >= 0.3 is 0 Å². The number of hydrogen-bond acceptors (Lipinski definition) is 2. The number of hydrogen-bond donors (Lipinski definition) is 1. The summed E-state index contributed by atoms with van der Waals surface area (Å²) in [6.07, 6.45) is 1.36. The van der Waals surface area contributed by atoms with Crippen LogP contribution in [0.4, 0.5) is 5.69 Å². The molecule has 0 saturated carbocycles. The molecule has 0 spiro atoms. The highest BCUT2D eigenvalue weighted by atomic mass is 127. The van der Waals surface area contributed by atoms with Gasteiger partial charge < -0.3 is 10.1 Å². The summed E-state index contributed by atoms with van der Waals surface area (Å²) in [4.78, 5) is 0. The highest BCUT2D eigenvalue weighted by molar-refractivity contribution is 14.1. The van der Waals surface area contributed by atoms with Crippen LogP contribution in [0.5, 0.6) is 0 Å². The van der Waals surface area contributed by atoms with E-state index in [0.717, 1.165) is 27.3 Å². The van der Waals surface area contributed by atoms with Crippen molar-refractivity contribution >= 4 is 39.9 Å². The van der Waals surface area contributed by atoms with Crippen LogP contribution >= 0.6 is 34.2 Å². The Morgan fingerprint density at radius 1 is 1.53 bits per heavy atom. The molecule has 1 saturated heterocycles. The standard InChI is InChI=1S/C11H13ClINO/c1-7-10(4-5-15-7)14-11-3-2-8(12)6-9(11)13/h2-3,6-7,10,14H,4-5H2,1H3. The fraction of sp³-hybridized carbons (Fsp3) is 0.455. The number of halogens is 2. The average Bonchev–Trinajstić information content (AvgIpc) is 2.57. The topological polar surface area (TPSA) is 21.3 Å². The van der Waals surface area contributed by atoms with Crippen molar-refractivity contribution in [1.82, 2.24) is 0 Å². The van der Waals surface area contributed by atoms with Crippen LogP contribution in [0.2, 0.25) is 5.02 Å². The van der Waals surface area contributed by atoms with E-state index in [0.29, 0.717) is 6.04 Å². The second-order valence-corrected chi connectivity index (χ2v) is 5.34. The van der Waals surface area contributed by atoms with E-state index in [-0.39, 0.29) is 6.10 Å². The Morgan fingerprint density at radius 2 is 2.33 bits per heavy atom. The molecule has 2 rings (SSSR count). The molecule has 0 aromatic heterocycles. The summed E-state index contributed by atoms with van der Waals surface area (Å²) in [5.41, 5.74) is 1.14. The van der Waals surface area contributed by atoms with Gasteiger partial charge in [-0.2, -0.15) is 0 Å². The zero-order valence-electron chi connectivity index (χ0n) is 8.47. The first-order valence-electron chi connectivity index (χ1n) is 5.00. The molecule has 0 amide bonds. The van der Waals surface area contributed by atoms with Crippen LogP contribution in [0.3, 0.4) is 0 Å². The molecule has 2 unspecified atom stereocenters. The molecule has 15 heavy (non-hydrogen) atoms. The molecule has 1 fully saturated rings. The van der Waals surface area contributed by atoms with E-state index in [2.05, 4.69) is 34.8 Å². The summed E-state index contributed by atoms with van der Waals surface area (Å²) in [6, 6.07) is 6.31. The summed E-state index contributed by atoms with van der Waals surface area (Å²) < 4.78 is 6.66. The molecular weight excluding hydrogens is 324 g/mol. The Labute approximate surface area is 108 Å². The quantitative estimate of drug-likeness (QED) is 0.834. The third-order valence-electron chi connectivity index (χ3n) is 2.65. The Kier molecular flexibility index (Phi) is 3.74. The zero-order chi connectivity index (χ0) is 10.8. The normalized spacial score (nSPS) is 25.5. The minimum Gasteiger partial charge on any atom is -0.379 e. The van der Waals surface area contributed by atoms with Crippen LogP contribution in [0, 0.1) is 3.57 Å². The molecule has 1 aliphatic rings. The van der Waals surface area contributed by atoms with E-state index in [1.54, 1.807) is 0 Å². The van der Waals surface area contributed by atoms with Gasteiger partial charge in [0.05, 0.1) is 12.1 Å². The van der Waals surface area contributed by atoms with Crippen LogP contribution in [-0.2, 0) is 4.74 Å². The fourth-order valence-electron chi connectivity index (χ4n) is 1.73. The molecule has 1 N–H and O–H groups in total. The highest BCUT2D eigenvalue weighted by Crippen LogP contribution is 2.25. The summed E-state index contributed by atoms with van der Waals surface area (Å²) in [7, 11) is 0. The van der Waals surface area contributed by atoms with Gasteiger partial charge in [-0.15, -0.1) is 0 Å². The van der Waals surface area contributed by atoms with Gasteiger partial charge in [0.2, 0.25) is 0 Å². The van der Waals surface area contributed by atoms with Crippen molar-refractivity contribution in [2.24, 2.45) is 0 Å². The molecule has 1 aromatic rings. The van der Waals surface area contributed by atoms with E-state index in [1.165, 1.54) is 0 Å². The maximum absolute atomic E-state index is 5.90. The van der Waals surface area contributed by atoms with E-state index in [9.17, 15) is 0 Å². The number of nitrogens with one attached hydrogen (secondary N) is 1. The van der Waals surface area contributed by atoms with Gasteiger partial charge in [0.25, 0.3) is 0 Å². The van der Waals surface area contributed by atoms with Gasteiger partial charge in [0.15, 0.2) is 0 Å². The second kappa shape index (κ2) is 4.89. The summed E-state index contributed by atoms with van der Waals surface area (Å²) in [5, 5.41) is 4.27. The Morgan fingerprint density at radius 3 is 2.93 bits per heavy atom. The number of ether oxygens (including phenoxy) is 1. The van der Waals surface area contributed by atoms with Crippen LogP contribution in [0.15, 0.2) is 18.2 Å². The third kappa shape index (κ3) is 2.77. The third-order valence-corrected chi connectivity index (χ3v) is 3.78.